The Balaban J connectivity index is 2.12. The molecule has 0 spiro atoms. The second-order valence-electron chi connectivity index (χ2n) is 6.39. The SMILES string of the molecule is CC(C)S(=O)(=O)Nc1nc2ccccc2nc1OC(c1cccnc1)C(F)(F)F. The van der Waals surface area contributed by atoms with Gasteiger partial charge in [0.05, 0.1) is 16.3 Å². The number of hydrogen-bond donors (Lipinski definition) is 1. The summed E-state index contributed by atoms with van der Waals surface area (Å²) in [5.41, 5.74) is 0.293. The first-order valence-electron chi connectivity index (χ1n) is 8.49. The van der Waals surface area contributed by atoms with Gasteiger partial charge in [0.15, 0.2) is 0 Å². The van der Waals surface area contributed by atoms with Gasteiger partial charge in [-0.3, -0.25) is 9.71 Å². The van der Waals surface area contributed by atoms with Gasteiger partial charge in [0.25, 0.3) is 5.88 Å². The number of para-hydroxylation sites is 2. The number of nitrogens with zero attached hydrogens (tertiary/aromatic N) is 3. The number of fused-ring (bicyclic) bond motifs is 1. The quantitative estimate of drug-likeness (QED) is 0.643. The minimum absolute atomic E-state index is 0.252. The Morgan fingerprint density at radius 2 is 1.69 bits per heavy atom. The lowest BCUT2D eigenvalue weighted by Crippen LogP contribution is -2.28. The zero-order valence-corrected chi connectivity index (χ0v) is 16.2. The molecular formula is C18H17F3N4O3S. The molecule has 0 aliphatic rings. The normalized spacial score (nSPS) is 13.4. The second kappa shape index (κ2) is 7.82. The maximum absolute atomic E-state index is 13.7. The maximum Gasteiger partial charge on any atom is 0.429 e. The van der Waals surface area contributed by atoms with Gasteiger partial charge in [0, 0.05) is 18.0 Å². The van der Waals surface area contributed by atoms with Crippen LogP contribution in [0.5, 0.6) is 5.88 Å². The molecule has 0 aliphatic heterocycles. The molecule has 7 nitrogen and oxygen atoms in total. The highest BCUT2D eigenvalue weighted by molar-refractivity contribution is 7.93. The van der Waals surface area contributed by atoms with Crippen molar-refractivity contribution >= 4 is 26.9 Å². The Morgan fingerprint density at radius 1 is 1.03 bits per heavy atom. The van der Waals surface area contributed by atoms with E-state index < -0.39 is 39.3 Å². The van der Waals surface area contributed by atoms with E-state index in [0.717, 1.165) is 6.20 Å². The third-order valence-electron chi connectivity index (χ3n) is 3.91. The molecular weight excluding hydrogens is 409 g/mol. The topological polar surface area (TPSA) is 94.1 Å². The molecule has 1 unspecified atom stereocenters. The first-order valence-corrected chi connectivity index (χ1v) is 10.0. The van der Waals surface area contributed by atoms with Crippen molar-refractivity contribution in [3.05, 3.63) is 54.4 Å². The molecule has 2 heterocycles. The second-order valence-corrected chi connectivity index (χ2v) is 8.62. The van der Waals surface area contributed by atoms with E-state index in [0.29, 0.717) is 5.52 Å². The fourth-order valence-electron chi connectivity index (χ4n) is 2.35. The monoisotopic (exact) mass is 426 g/mol. The minimum atomic E-state index is -4.80. The van der Waals surface area contributed by atoms with Crippen molar-refractivity contribution in [2.24, 2.45) is 0 Å². The molecule has 1 aromatic carbocycles. The van der Waals surface area contributed by atoms with Crippen molar-refractivity contribution in [1.82, 2.24) is 15.0 Å². The Hall–Kier alpha value is -2.95. The Bertz CT molecular complexity index is 1110. The van der Waals surface area contributed by atoms with E-state index in [1.165, 1.54) is 38.2 Å². The maximum atomic E-state index is 13.7. The van der Waals surface area contributed by atoms with Gasteiger partial charge in [-0.1, -0.05) is 18.2 Å². The van der Waals surface area contributed by atoms with E-state index in [4.69, 9.17) is 4.74 Å². The third kappa shape index (κ3) is 4.73. The average molecular weight is 426 g/mol. The van der Waals surface area contributed by atoms with E-state index in [9.17, 15) is 21.6 Å². The molecule has 154 valence electrons. The molecule has 2 aromatic heterocycles. The number of ether oxygens (including phenoxy) is 1. The molecule has 0 saturated heterocycles. The molecule has 1 N–H and O–H groups in total. The molecule has 0 fully saturated rings. The molecule has 0 bridgehead atoms. The van der Waals surface area contributed by atoms with E-state index in [2.05, 4.69) is 19.7 Å². The van der Waals surface area contributed by atoms with Crippen LogP contribution in [0.4, 0.5) is 19.0 Å². The van der Waals surface area contributed by atoms with Gasteiger partial charge in [-0.25, -0.2) is 18.4 Å². The lowest BCUT2D eigenvalue weighted by molar-refractivity contribution is -0.198. The average Bonchev–Trinajstić information content (AvgIpc) is 2.65. The smallest absolute Gasteiger partial charge is 0.429 e. The highest BCUT2D eigenvalue weighted by atomic mass is 32.2. The van der Waals surface area contributed by atoms with Crippen LogP contribution in [0.1, 0.15) is 25.5 Å². The van der Waals surface area contributed by atoms with Crippen LogP contribution in [0, 0.1) is 0 Å². The number of halogens is 3. The zero-order chi connectivity index (χ0) is 21.2. The molecule has 0 radical (unpaired) electrons. The number of anilines is 1. The van der Waals surface area contributed by atoms with Crippen LogP contribution in [0.2, 0.25) is 0 Å². The zero-order valence-electron chi connectivity index (χ0n) is 15.4. The Kier molecular flexibility index (Phi) is 5.60. The number of pyridine rings is 1. The molecule has 1 atom stereocenters. The molecule has 11 heteroatoms. The van der Waals surface area contributed by atoms with Gasteiger partial charge in [0.1, 0.15) is 0 Å². The van der Waals surface area contributed by atoms with Gasteiger partial charge in [-0.15, -0.1) is 0 Å². The third-order valence-corrected chi connectivity index (χ3v) is 5.63. The summed E-state index contributed by atoms with van der Waals surface area (Å²) >= 11 is 0. The minimum Gasteiger partial charge on any atom is -0.457 e. The molecule has 0 aliphatic carbocycles. The summed E-state index contributed by atoms with van der Waals surface area (Å²) in [6.45, 7) is 2.84. The van der Waals surface area contributed by atoms with E-state index in [1.54, 1.807) is 18.2 Å². The van der Waals surface area contributed by atoms with Crippen LogP contribution in [0.3, 0.4) is 0 Å². The van der Waals surface area contributed by atoms with Crippen LogP contribution in [0.25, 0.3) is 11.0 Å². The van der Waals surface area contributed by atoms with E-state index >= 15 is 0 Å². The van der Waals surface area contributed by atoms with Crippen molar-refractivity contribution in [2.75, 3.05) is 4.72 Å². The van der Waals surface area contributed by atoms with Crippen LogP contribution >= 0.6 is 0 Å². The molecule has 29 heavy (non-hydrogen) atoms. The van der Waals surface area contributed by atoms with Crippen molar-refractivity contribution in [2.45, 2.75) is 31.4 Å². The van der Waals surface area contributed by atoms with E-state index in [1.807, 2.05) is 0 Å². The molecule has 3 aromatic rings. The molecule has 3 rings (SSSR count). The number of nitrogens with one attached hydrogen (secondary N) is 1. The number of benzene rings is 1. The van der Waals surface area contributed by atoms with Gasteiger partial charge >= 0.3 is 6.18 Å². The Labute approximate surface area is 165 Å². The molecule has 0 amide bonds. The number of hydrogen-bond acceptors (Lipinski definition) is 6. The first-order chi connectivity index (χ1) is 13.6. The summed E-state index contributed by atoms with van der Waals surface area (Å²) in [4.78, 5) is 11.9. The fourth-order valence-corrected chi connectivity index (χ4v) is 2.99. The van der Waals surface area contributed by atoms with Crippen LogP contribution < -0.4 is 9.46 Å². The summed E-state index contributed by atoms with van der Waals surface area (Å²) < 4.78 is 72.9. The van der Waals surface area contributed by atoms with Crippen LogP contribution in [-0.4, -0.2) is 34.8 Å². The van der Waals surface area contributed by atoms with Gasteiger partial charge < -0.3 is 4.74 Å². The fraction of sp³-hybridized carbons (Fsp3) is 0.278. The largest absolute Gasteiger partial charge is 0.457 e. The van der Waals surface area contributed by atoms with Crippen LogP contribution in [-0.2, 0) is 10.0 Å². The predicted octanol–water partition coefficient (Wildman–Crippen LogP) is 3.86. The van der Waals surface area contributed by atoms with E-state index in [-0.39, 0.29) is 11.1 Å². The standard InChI is InChI=1S/C18H17F3N4O3S/c1-11(2)29(26,27)25-16-17(24-14-8-4-3-7-13(14)23-16)28-15(18(19,20)21)12-6-5-9-22-10-12/h3-11,15H,1-2H3,(H,23,25). The first kappa shape index (κ1) is 20.8. The van der Waals surface area contributed by atoms with Gasteiger partial charge in [0.2, 0.25) is 21.9 Å². The number of rotatable bonds is 6. The summed E-state index contributed by atoms with van der Waals surface area (Å²) in [6.07, 6.45) is -4.86. The van der Waals surface area contributed by atoms with Crippen LogP contribution in [0.15, 0.2) is 48.8 Å². The number of aromatic nitrogens is 3. The lowest BCUT2D eigenvalue weighted by Gasteiger charge is -2.22. The Morgan fingerprint density at radius 3 is 2.24 bits per heavy atom. The highest BCUT2D eigenvalue weighted by Crippen LogP contribution is 2.38. The number of sulfonamides is 1. The summed E-state index contributed by atoms with van der Waals surface area (Å²) in [5, 5.41) is -0.847. The van der Waals surface area contributed by atoms with Crippen molar-refractivity contribution in [1.29, 1.82) is 0 Å². The number of alkyl halides is 3. The summed E-state index contributed by atoms with van der Waals surface area (Å²) in [7, 11) is -3.90. The molecule has 0 saturated carbocycles. The van der Waals surface area contributed by atoms with Crippen molar-refractivity contribution in [3.63, 3.8) is 0 Å². The van der Waals surface area contributed by atoms with Gasteiger partial charge in [-0.05, 0) is 32.0 Å². The summed E-state index contributed by atoms with van der Waals surface area (Å²) in [6, 6.07) is 8.90. The highest BCUT2D eigenvalue weighted by Gasteiger charge is 2.44. The van der Waals surface area contributed by atoms with Crippen molar-refractivity contribution < 1.29 is 26.3 Å². The summed E-state index contributed by atoms with van der Waals surface area (Å²) in [5.74, 6) is -1.00. The predicted molar refractivity (Wildman–Crippen MR) is 101 cm³/mol. The lowest BCUT2D eigenvalue weighted by atomic mass is 10.1. The van der Waals surface area contributed by atoms with Crippen molar-refractivity contribution in [3.8, 4) is 5.88 Å². The van der Waals surface area contributed by atoms with Gasteiger partial charge in [-0.2, -0.15) is 13.2 Å².